The molecule has 0 aliphatic carbocycles. The van der Waals surface area contributed by atoms with Crippen LogP contribution in [0.2, 0.25) is 10.0 Å². The number of rotatable bonds is 10. The molecule has 8 heterocycles. The summed E-state index contributed by atoms with van der Waals surface area (Å²) in [7, 11) is 0. The highest BCUT2D eigenvalue weighted by atomic mass is 35.5. The maximum absolute atomic E-state index is 15.1. The molecule has 2 saturated heterocycles. The maximum atomic E-state index is 15.1. The van der Waals surface area contributed by atoms with Gasteiger partial charge in [0.05, 0.1) is 12.1 Å². The van der Waals surface area contributed by atoms with Crippen molar-refractivity contribution in [2.75, 3.05) is 62.2 Å². The fourth-order valence-electron chi connectivity index (χ4n) is 10.7. The van der Waals surface area contributed by atoms with Gasteiger partial charge in [-0.3, -0.25) is 25.2 Å². The lowest BCUT2D eigenvalue weighted by Gasteiger charge is -2.35. The fraction of sp³-hybridized carbons (Fsp3) is 0.264. The number of pyridine rings is 2. The van der Waals surface area contributed by atoms with Crippen LogP contribution in [0.4, 0.5) is 11.6 Å². The van der Waals surface area contributed by atoms with Crippen LogP contribution >= 0.6 is 23.2 Å². The first-order valence-electron chi connectivity index (χ1n) is 23.0. The zero-order chi connectivity index (χ0) is 44.3. The highest BCUT2D eigenvalue weighted by molar-refractivity contribution is 6.32. The molecule has 332 valence electrons. The molecule has 11 nitrogen and oxygen atoms in total. The number of nitrogens with one attached hydrogen (secondary N) is 4. The number of Topliss-reactive ketones (excluding diaryl/α,β-unsaturated/α-hetero) is 1. The molecule has 0 amide bonds. The molecule has 4 aliphatic heterocycles. The van der Waals surface area contributed by atoms with Crippen molar-refractivity contribution in [1.82, 2.24) is 40.4 Å². The van der Waals surface area contributed by atoms with Crippen molar-refractivity contribution in [1.29, 1.82) is 0 Å². The number of benzene rings is 4. The Balaban J connectivity index is 0.783. The first-order valence-corrected chi connectivity index (χ1v) is 23.8. The largest absolute Gasteiger partial charge is 0.355 e. The summed E-state index contributed by atoms with van der Waals surface area (Å²) in [6.45, 7) is 10.5. The zero-order valence-corrected chi connectivity index (χ0v) is 38.0. The Morgan fingerprint density at radius 3 is 1.42 bits per heavy atom. The van der Waals surface area contributed by atoms with Gasteiger partial charge < -0.3 is 19.8 Å². The Morgan fingerprint density at radius 2 is 1.00 bits per heavy atom. The number of piperazine rings is 2. The molecule has 66 heavy (non-hydrogen) atoms. The molecule has 0 bridgehead atoms. The van der Waals surface area contributed by atoms with Gasteiger partial charge in [0.25, 0.3) is 0 Å². The predicted octanol–water partition coefficient (Wildman–Crippen LogP) is 9.28. The lowest BCUT2D eigenvalue weighted by atomic mass is 9.87. The van der Waals surface area contributed by atoms with Gasteiger partial charge in [0.2, 0.25) is 0 Å². The molecular formula is C53H50Cl2N10O. The second-order valence-electron chi connectivity index (χ2n) is 18.1. The summed E-state index contributed by atoms with van der Waals surface area (Å²) in [4.78, 5) is 41.4. The van der Waals surface area contributed by atoms with Crippen LogP contribution in [-0.4, -0.2) is 87.9 Å². The fourth-order valence-corrected chi connectivity index (χ4v) is 11.2. The van der Waals surface area contributed by atoms with Crippen molar-refractivity contribution in [3.63, 3.8) is 0 Å². The first-order chi connectivity index (χ1) is 32.4. The monoisotopic (exact) mass is 912 g/mol. The summed E-state index contributed by atoms with van der Waals surface area (Å²) in [5, 5.41) is 10.8. The first kappa shape index (κ1) is 41.4. The predicted molar refractivity (Wildman–Crippen MR) is 265 cm³/mol. The molecule has 8 aromatic rings. The summed E-state index contributed by atoms with van der Waals surface area (Å²) in [5.41, 5.74) is 12.3. The molecule has 0 saturated carbocycles. The smallest absolute Gasteiger partial charge is 0.175 e. The number of anilines is 2. The van der Waals surface area contributed by atoms with E-state index >= 15 is 4.79 Å². The molecule has 2 unspecified atom stereocenters. The minimum absolute atomic E-state index is 0.0441. The highest BCUT2D eigenvalue weighted by Gasteiger charge is 2.41. The van der Waals surface area contributed by atoms with Gasteiger partial charge >= 0.3 is 0 Å². The Kier molecular flexibility index (Phi) is 10.9. The van der Waals surface area contributed by atoms with E-state index in [1.165, 1.54) is 11.1 Å². The second-order valence-corrected chi connectivity index (χ2v) is 18.9. The van der Waals surface area contributed by atoms with Crippen LogP contribution in [0.15, 0.2) is 122 Å². The average molecular weight is 914 g/mol. The van der Waals surface area contributed by atoms with E-state index in [9.17, 15) is 0 Å². The molecular weight excluding hydrogens is 864 g/mol. The lowest BCUT2D eigenvalue weighted by molar-refractivity contribution is -0.123. The van der Waals surface area contributed by atoms with E-state index in [4.69, 9.17) is 23.2 Å². The van der Waals surface area contributed by atoms with Crippen molar-refractivity contribution >= 4 is 62.4 Å². The third-order valence-electron chi connectivity index (χ3n) is 14.2. The van der Waals surface area contributed by atoms with Crippen LogP contribution in [0.3, 0.4) is 0 Å². The number of nitrogens with zero attached hydrogens (tertiary/aromatic N) is 6. The summed E-state index contributed by atoms with van der Waals surface area (Å²) in [6, 6.07) is 36.9. The summed E-state index contributed by atoms with van der Waals surface area (Å²) >= 11 is 13.8. The number of aromatic nitrogens is 4. The van der Waals surface area contributed by atoms with Crippen molar-refractivity contribution in [2.45, 2.75) is 38.3 Å². The van der Waals surface area contributed by atoms with Crippen LogP contribution in [0.5, 0.6) is 0 Å². The van der Waals surface area contributed by atoms with E-state index in [0.717, 1.165) is 144 Å². The standard InChI is InChI=1S/C53H50Cl2N10O/c54-41-11-9-37(45-27-35-25-33(7-13-43(35)60-45)31-62-17-21-64(22-18-62)47-5-1-3-15-56-47)49-39(41)29-58-51(49)53(66)52-50-38(10-12-42(55)40(50)30-59-52)46-28-36-26-34(8-14-44(36)61-46)32-63-19-23-65(24-20-63)48-6-2-4-16-57-48/h1-16,25-28,51-52,58-61H,17-24,29-32H2. The van der Waals surface area contributed by atoms with E-state index in [2.05, 4.69) is 135 Å². The van der Waals surface area contributed by atoms with Gasteiger partial charge in [-0.25, -0.2) is 9.97 Å². The minimum Gasteiger partial charge on any atom is -0.355 e. The van der Waals surface area contributed by atoms with Gasteiger partial charge in [-0.15, -0.1) is 0 Å². The van der Waals surface area contributed by atoms with Crippen molar-refractivity contribution < 1.29 is 4.79 Å². The van der Waals surface area contributed by atoms with Gasteiger partial charge in [-0.1, -0.05) is 59.6 Å². The van der Waals surface area contributed by atoms with Crippen LogP contribution < -0.4 is 20.4 Å². The zero-order valence-electron chi connectivity index (χ0n) is 36.5. The van der Waals surface area contributed by atoms with Gasteiger partial charge in [0.1, 0.15) is 11.6 Å². The van der Waals surface area contributed by atoms with E-state index in [1.807, 2.05) is 36.7 Å². The summed E-state index contributed by atoms with van der Waals surface area (Å²) in [6.07, 6.45) is 3.73. The Bertz CT molecular complexity index is 2890. The van der Waals surface area contributed by atoms with E-state index < -0.39 is 12.1 Å². The van der Waals surface area contributed by atoms with Crippen LogP contribution in [-0.2, 0) is 31.0 Å². The summed E-state index contributed by atoms with van der Waals surface area (Å²) in [5.74, 6) is 2.13. The number of hydrogen-bond donors (Lipinski definition) is 4. The number of carbonyl (C=O) groups is 1. The van der Waals surface area contributed by atoms with Gasteiger partial charge in [0, 0.05) is 145 Å². The molecule has 4 aliphatic rings. The normalized spacial score (nSPS) is 18.9. The summed E-state index contributed by atoms with van der Waals surface area (Å²) < 4.78 is 0. The molecule has 4 N–H and O–H groups in total. The van der Waals surface area contributed by atoms with Crippen LogP contribution in [0.1, 0.15) is 45.5 Å². The quantitative estimate of drug-likeness (QED) is 0.107. The number of hydrogen-bond acceptors (Lipinski definition) is 9. The molecule has 0 spiro atoms. The molecule has 2 fully saturated rings. The molecule has 4 aromatic carbocycles. The highest BCUT2D eigenvalue weighted by Crippen LogP contribution is 2.45. The van der Waals surface area contributed by atoms with Crippen molar-refractivity contribution in [3.8, 4) is 22.5 Å². The van der Waals surface area contributed by atoms with Gasteiger partial charge in [-0.05, 0) is 106 Å². The minimum atomic E-state index is -0.577. The molecule has 2 atom stereocenters. The number of carbonyl (C=O) groups excluding carboxylic acids is 1. The Morgan fingerprint density at radius 1 is 0.545 bits per heavy atom. The van der Waals surface area contributed by atoms with Crippen molar-refractivity contribution in [3.05, 3.63) is 165 Å². The molecule has 13 heteroatoms. The average Bonchev–Trinajstić information content (AvgIpc) is 4.18. The third-order valence-corrected chi connectivity index (χ3v) is 14.9. The number of ketones is 1. The second kappa shape index (κ2) is 17.3. The lowest BCUT2D eigenvalue weighted by Crippen LogP contribution is -2.46. The van der Waals surface area contributed by atoms with Gasteiger partial charge in [0.15, 0.2) is 5.78 Å². The molecule has 12 rings (SSSR count). The SMILES string of the molecule is O=C(C1NCc2c(Cl)ccc(-c3cc4cc(CN5CCN(c6ccccn6)CC5)ccc4[nH]3)c21)C1NCc2c(Cl)ccc(-c3cc4cc(CN5CCN(c6ccccn6)CC5)ccc4[nH]3)c21. The van der Waals surface area contributed by atoms with E-state index in [-0.39, 0.29) is 5.78 Å². The Hall–Kier alpha value is -6.05. The number of halogens is 2. The number of aromatic amines is 2. The van der Waals surface area contributed by atoms with Crippen LogP contribution in [0, 0.1) is 0 Å². The van der Waals surface area contributed by atoms with Crippen molar-refractivity contribution in [2.24, 2.45) is 0 Å². The van der Waals surface area contributed by atoms with E-state index in [1.54, 1.807) is 0 Å². The van der Waals surface area contributed by atoms with Crippen LogP contribution in [0.25, 0.3) is 44.3 Å². The van der Waals surface area contributed by atoms with E-state index in [0.29, 0.717) is 23.1 Å². The number of H-pyrrole nitrogens is 2. The molecule has 0 radical (unpaired) electrons. The number of fused-ring (bicyclic) bond motifs is 4. The topological polar surface area (TPSA) is 111 Å². The Labute approximate surface area is 393 Å². The van der Waals surface area contributed by atoms with Gasteiger partial charge in [-0.2, -0.15) is 0 Å². The molecule has 4 aromatic heterocycles. The maximum Gasteiger partial charge on any atom is 0.175 e. The third kappa shape index (κ3) is 7.73.